The van der Waals surface area contributed by atoms with Crippen LogP contribution in [0.2, 0.25) is 0 Å². The van der Waals surface area contributed by atoms with Crippen molar-refractivity contribution in [2.24, 2.45) is 0 Å². The van der Waals surface area contributed by atoms with Crippen molar-refractivity contribution in [3.63, 3.8) is 0 Å². The van der Waals surface area contributed by atoms with E-state index >= 15 is 0 Å². The number of benzene rings is 2. The van der Waals surface area contributed by atoms with Gasteiger partial charge in [-0.05, 0) is 42.7 Å². The highest BCUT2D eigenvalue weighted by atomic mass is 19.1. The average Bonchev–Trinajstić information content (AvgIpc) is 3.17. The maximum Gasteiger partial charge on any atom is 0.123 e. The molecule has 2 N–H and O–H groups in total. The van der Waals surface area contributed by atoms with Gasteiger partial charge in [0.15, 0.2) is 0 Å². The molecule has 0 amide bonds. The maximum absolute atomic E-state index is 13.5. The van der Waals surface area contributed by atoms with Crippen LogP contribution in [0, 0.1) is 5.82 Å². The Labute approximate surface area is 129 Å². The van der Waals surface area contributed by atoms with Crippen LogP contribution >= 0.6 is 0 Å². The normalized spacial score (nSPS) is 21.9. The fourth-order valence-electron chi connectivity index (χ4n) is 3.30. The number of fused-ring (bicyclic) bond motifs is 1. The third-order valence-corrected chi connectivity index (χ3v) is 4.63. The third-order valence-electron chi connectivity index (χ3n) is 4.63. The second-order valence-corrected chi connectivity index (χ2v) is 6.18. The molecule has 3 heteroatoms. The molecule has 0 radical (unpaired) electrons. The number of halogens is 1. The van der Waals surface area contributed by atoms with Crippen molar-refractivity contribution in [3.05, 3.63) is 71.7 Å². The Kier molecular flexibility index (Phi) is 3.23. The summed E-state index contributed by atoms with van der Waals surface area (Å²) in [7, 11) is 0. The van der Waals surface area contributed by atoms with Crippen molar-refractivity contribution in [2.45, 2.75) is 31.3 Å². The van der Waals surface area contributed by atoms with E-state index in [0.29, 0.717) is 18.0 Å². The van der Waals surface area contributed by atoms with Crippen LogP contribution in [-0.4, -0.2) is 11.0 Å². The molecular weight excluding hydrogens is 275 g/mol. The molecule has 0 bridgehead atoms. The predicted molar refractivity (Wildman–Crippen MR) is 87.4 cm³/mol. The molecule has 3 unspecified atom stereocenters. The van der Waals surface area contributed by atoms with Gasteiger partial charge in [-0.1, -0.05) is 30.3 Å². The molecule has 2 nitrogen and oxygen atoms in total. The van der Waals surface area contributed by atoms with Crippen molar-refractivity contribution in [1.82, 2.24) is 10.3 Å². The summed E-state index contributed by atoms with van der Waals surface area (Å²) in [4.78, 5) is 3.25. The molecule has 1 aliphatic carbocycles. The van der Waals surface area contributed by atoms with Gasteiger partial charge in [0.2, 0.25) is 0 Å². The molecule has 2 aromatic carbocycles. The van der Waals surface area contributed by atoms with Gasteiger partial charge < -0.3 is 10.3 Å². The highest BCUT2D eigenvalue weighted by Gasteiger charge is 2.40. The predicted octanol–water partition coefficient (Wildman–Crippen LogP) is 4.51. The number of aromatic amines is 1. The molecular formula is C19H19FN2. The van der Waals surface area contributed by atoms with Gasteiger partial charge >= 0.3 is 0 Å². The van der Waals surface area contributed by atoms with Crippen LogP contribution in [0.25, 0.3) is 10.9 Å². The van der Waals surface area contributed by atoms with Gasteiger partial charge in [-0.3, -0.25) is 0 Å². The number of aromatic nitrogens is 1. The van der Waals surface area contributed by atoms with E-state index in [1.165, 1.54) is 17.2 Å². The van der Waals surface area contributed by atoms with Crippen LogP contribution < -0.4 is 5.32 Å². The lowest BCUT2D eigenvalue weighted by Crippen LogP contribution is -2.22. The lowest BCUT2D eigenvalue weighted by molar-refractivity contribution is 0.563. The summed E-state index contributed by atoms with van der Waals surface area (Å²) >= 11 is 0. The summed E-state index contributed by atoms with van der Waals surface area (Å²) in [6, 6.07) is 16.2. The number of hydrogen-bond acceptors (Lipinski definition) is 1. The van der Waals surface area contributed by atoms with Gasteiger partial charge in [0, 0.05) is 35.1 Å². The minimum atomic E-state index is -0.170. The standard InChI is InChI=1S/C19H19FN2/c1-12(13-5-3-2-4-6-13)22-19-10-16(19)17-11-21-18-8-7-14(20)9-15(17)18/h2-9,11-12,16,19,21-22H,10H2,1H3. The molecule has 3 atom stereocenters. The molecule has 3 aromatic rings. The fourth-order valence-corrected chi connectivity index (χ4v) is 3.30. The summed E-state index contributed by atoms with van der Waals surface area (Å²) < 4.78 is 13.5. The van der Waals surface area contributed by atoms with E-state index in [9.17, 15) is 4.39 Å². The SMILES string of the molecule is CC(NC1CC1c1c[nH]c2ccc(F)cc12)c1ccccc1. The topological polar surface area (TPSA) is 27.8 Å². The van der Waals surface area contributed by atoms with Gasteiger partial charge in [0.25, 0.3) is 0 Å². The number of nitrogens with one attached hydrogen (secondary N) is 2. The molecule has 112 valence electrons. The van der Waals surface area contributed by atoms with Gasteiger partial charge in [-0.15, -0.1) is 0 Å². The third kappa shape index (κ3) is 2.42. The first kappa shape index (κ1) is 13.5. The van der Waals surface area contributed by atoms with Crippen molar-refractivity contribution < 1.29 is 4.39 Å². The Morgan fingerprint density at radius 2 is 2.00 bits per heavy atom. The monoisotopic (exact) mass is 294 g/mol. The molecule has 1 heterocycles. The summed E-state index contributed by atoms with van der Waals surface area (Å²) in [5, 5.41) is 4.70. The van der Waals surface area contributed by atoms with E-state index in [2.05, 4.69) is 41.5 Å². The number of rotatable bonds is 4. The van der Waals surface area contributed by atoms with E-state index in [0.717, 1.165) is 17.3 Å². The average molecular weight is 294 g/mol. The molecule has 22 heavy (non-hydrogen) atoms. The summed E-state index contributed by atoms with van der Waals surface area (Å²) in [6.07, 6.45) is 3.14. The first-order chi connectivity index (χ1) is 10.7. The summed E-state index contributed by atoms with van der Waals surface area (Å²) in [5.41, 5.74) is 3.54. The van der Waals surface area contributed by atoms with Crippen LogP contribution in [0.4, 0.5) is 4.39 Å². The van der Waals surface area contributed by atoms with E-state index < -0.39 is 0 Å². The Bertz CT molecular complexity index is 794. The smallest absolute Gasteiger partial charge is 0.123 e. The van der Waals surface area contributed by atoms with Crippen molar-refractivity contribution in [3.8, 4) is 0 Å². The van der Waals surface area contributed by atoms with Crippen LogP contribution in [0.3, 0.4) is 0 Å². The summed E-state index contributed by atoms with van der Waals surface area (Å²) in [5.74, 6) is 0.304. The first-order valence-electron chi connectivity index (χ1n) is 7.80. The first-order valence-corrected chi connectivity index (χ1v) is 7.80. The molecule has 4 rings (SSSR count). The Hall–Kier alpha value is -2.13. The van der Waals surface area contributed by atoms with E-state index in [1.54, 1.807) is 6.07 Å². The van der Waals surface area contributed by atoms with Crippen molar-refractivity contribution in [1.29, 1.82) is 0 Å². The lowest BCUT2D eigenvalue weighted by atomic mass is 10.1. The molecule has 1 aliphatic rings. The molecule has 0 saturated heterocycles. The maximum atomic E-state index is 13.5. The minimum absolute atomic E-state index is 0.170. The zero-order chi connectivity index (χ0) is 15.1. The second kappa shape index (κ2) is 5.25. The molecule has 1 fully saturated rings. The largest absolute Gasteiger partial charge is 0.361 e. The highest BCUT2D eigenvalue weighted by Crippen LogP contribution is 2.44. The fraction of sp³-hybridized carbons (Fsp3) is 0.263. The van der Waals surface area contributed by atoms with Gasteiger partial charge in [0.1, 0.15) is 5.82 Å². The zero-order valence-electron chi connectivity index (χ0n) is 12.5. The molecule has 0 spiro atoms. The Balaban J connectivity index is 1.51. The van der Waals surface area contributed by atoms with Crippen LogP contribution in [0.5, 0.6) is 0 Å². The van der Waals surface area contributed by atoms with Gasteiger partial charge in [0.05, 0.1) is 0 Å². The quantitative estimate of drug-likeness (QED) is 0.728. The molecule has 0 aliphatic heterocycles. The lowest BCUT2D eigenvalue weighted by Gasteiger charge is -2.14. The van der Waals surface area contributed by atoms with E-state index in [4.69, 9.17) is 0 Å². The second-order valence-electron chi connectivity index (χ2n) is 6.18. The van der Waals surface area contributed by atoms with Gasteiger partial charge in [-0.25, -0.2) is 4.39 Å². The number of H-pyrrole nitrogens is 1. The zero-order valence-corrected chi connectivity index (χ0v) is 12.5. The minimum Gasteiger partial charge on any atom is -0.361 e. The van der Waals surface area contributed by atoms with E-state index in [1.807, 2.05) is 18.3 Å². The number of hydrogen-bond donors (Lipinski definition) is 2. The molecule has 1 saturated carbocycles. The Morgan fingerprint density at radius 3 is 2.82 bits per heavy atom. The van der Waals surface area contributed by atoms with Crippen LogP contribution in [0.1, 0.15) is 36.4 Å². The van der Waals surface area contributed by atoms with Crippen molar-refractivity contribution in [2.75, 3.05) is 0 Å². The van der Waals surface area contributed by atoms with E-state index in [-0.39, 0.29) is 5.82 Å². The van der Waals surface area contributed by atoms with Crippen LogP contribution in [-0.2, 0) is 0 Å². The Morgan fingerprint density at radius 1 is 1.18 bits per heavy atom. The van der Waals surface area contributed by atoms with Gasteiger partial charge in [-0.2, -0.15) is 0 Å². The highest BCUT2D eigenvalue weighted by molar-refractivity contribution is 5.84. The summed E-state index contributed by atoms with van der Waals surface area (Å²) in [6.45, 7) is 2.19. The van der Waals surface area contributed by atoms with Crippen molar-refractivity contribution >= 4 is 10.9 Å². The van der Waals surface area contributed by atoms with Crippen LogP contribution in [0.15, 0.2) is 54.7 Å². The molecule has 1 aromatic heterocycles.